The van der Waals surface area contributed by atoms with Crippen molar-refractivity contribution in [3.8, 4) is 0 Å². The number of hydrogen-bond donors (Lipinski definition) is 2. The maximum absolute atomic E-state index is 12.7. The molecule has 142 valence electrons. The van der Waals surface area contributed by atoms with E-state index in [0.29, 0.717) is 28.7 Å². The zero-order valence-corrected chi connectivity index (χ0v) is 16.7. The summed E-state index contributed by atoms with van der Waals surface area (Å²) in [5, 5.41) is 3.59. The van der Waals surface area contributed by atoms with Gasteiger partial charge in [-0.25, -0.2) is 4.79 Å². The molecule has 2 aromatic rings. The van der Waals surface area contributed by atoms with E-state index < -0.39 is 6.04 Å². The number of benzene rings is 2. The van der Waals surface area contributed by atoms with Gasteiger partial charge in [-0.3, -0.25) is 4.79 Å². The minimum Gasteiger partial charge on any atom is -0.465 e. The highest BCUT2D eigenvalue weighted by molar-refractivity contribution is 6.40. The van der Waals surface area contributed by atoms with Gasteiger partial charge in [0.1, 0.15) is 6.54 Å². The summed E-state index contributed by atoms with van der Waals surface area (Å²) >= 11 is 12.5. The third-order valence-electron chi connectivity index (χ3n) is 4.87. The van der Waals surface area contributed by atoms with Crippen LogP contribution in [0.25, 0.3) is 0 Å². The largest absolute Gasteiger partial charge is 0.465 e. The lowest BCUT2D eigenvalue weighted by Crippen LogP contribution is -3.17. The van der Waals surface area contributed by atoms with Crippen LogP contribution in [0.15, 0.2) is 36.4 Å². The maximum Gasteiger partial charge on any atom is 0.365 e. The maximum atomic E-state index is 12.7. The first-order chi connectivity index (χ1) is 12.9. The van der Waals surface area contributed by atoms with Crippen LogP contribution in [-0.4, -0.2) is 31.6 Å². The smallest absolute Gasteiger partial charge is 0.365 e. The van der Waals surface area contributed by atoms with Gasteiger partial charge in [0.2, 0.25) is 0 Å². The number of quaternary nitrogens is 1. The van der Waals surface area contributed by atoms with Gasteiger partial charge >= 0.3 is 5.97 Å². The average Bonchev–Trinajstić information content (AvgIpc) is 2.67. The highest BCUT2D eigenvalue weighted by Crippen LogP contribution is 2.32. The molecule has 1 aliphatic heterocycles. The van der Waals surface area contributed by atoms with E-state index in [2.05, 4.69) is 5.32 Å². The van der Waals surface area contributed by atoms with Gasteiger partial charge in [-0.1, -0.05) is 53.5 Å². The summed E-state index contributed by atoms with van der Waals surface area (Å²) in [4.78, 5) is 25.8. The Hall–Kier alpha value is -2.08. The lowest BCUT2D eigenvalue weighted by molar-refractivity contribution is -0.924. The number of aryl methyl sites for hydroxylation is 1. The van der Waals surface area contributed by atoms with Gasteiger partial charge in [0.05, 0.1) is 22.8 Å². The van der Waals surface area contributed by atoms with Crippen molar-refractivity contribution < 1.29 is 19.2 Å². The molecule has 0 aliphatic carbocycles. The van der Waals surface area contributed by atoms with Gasteiger partial charge in [-0.2, -0.15) is 0 Å². The zero-order chi connectivity index (χ0) is 19.6. The molecule has 0 spiro atoms. The molecule has 0 aromatic heterocycles. The first kappa shape index (κ1) is 19.7. The topological polar surface area (TPSA) is 59.8 Å². The number of anilines is 1. The number of amides is 1. The Morgan fingerprint density at radius 3 is 2.59 bits per heavy atom. The van der Waals surface area contributed by atoms with Crippen LogP contribution in [0.2, 0.25) is 10.0 Å². The van der Waals surface area contributed by atoms with E-state index in [1.54, 1.807) is 12.1 Å². The van der Waals surface area contributed by atoms with Crippen LogP contribution in [0.3, 0.4) is 0 Å². The summed E-state index contributed by atoms with van der Waals surface area (Å²) in [5.41, 5.74) is 3.46. The van der Waals surface area contributed by atoms with E-state index in [-0.39, 0.29) is 18.4 Å². The summed E-state index contributed by atoms with van der Waals surface area (Å²) in [6.07, 6.45) is 0.539. The molecule has 3 rings (SSSR count). The number of methoxy groups -OCH3 is 1. The molecule has 0 bridgehead atoms. The highest BCUT2D eigenvalue weighted by atomic mass is 35.5. The van der Waals surface area contributed by atoms with E-state index >= 15 is 0 Å². The summed E-state index contributed by atoms with van der Waals surface area (Å²) in [7, 11) is 1.37. The molecule has 1 unspecified atom stereocenters. The fraction of sp³-hybridized carbons (Fsp3) is 0.300. The standard InChI is InChI=1S/C20H20Cl2N2O3/c1-12-7-8-15(21)19(18(12)22)23-17(25)11-24-10-14-6-4-3-5-13(14)9-16(24)20(26)27-2/h3-8,16H,9-11H2,1-2H3,(H,23,25)/p+1/t16-/m0/s1. The fourth-order valence-electron chi connectivity index (χ4n) is 3.40. The Bertz CT molecular complexity index is 886. The molecule has 0 fully saturated rings. The Morgan fingerprint density at radius 2 is 1.89 bits per heavy atom. The predicted molar refractivity (Wildman–Crippen MR) is 105 cm³/mol. The molecule has 1 amide bonds. The Labute approximate surface area is 168 Å². The van der Waals surface area contributed by atoms with Crippen molar-refractivity contribution in [3.63, 3.8) is 0 Å². The van der Waals surface area contributed by atoms with Crippen molar-refractivity contribution in [1.29, 1.82) is 0 Å². The normalized spacial score (nSPS) is 18.5. The summed E-state index contributed by atoms with van der Waals surface area (Å²) in [6, 6.07) is 11.0. The molecule has 1 heterocycles. The highest BCUT2D eigenvalue weighted by Gasteiger charge is 2.37. The van der Waals surface area contributed by atoms with E-state index in [4.69, 9.17) is 27.9 Å². The SMILES string of the molecule is COC(=O)[C@@H]1Cc2ccccc2C[NH+]1CC(=O)Nc1c(Cl)ccc(C)c1Cl. The lowest BCUT2D eigenvalue weighted by Gasteiger charge is -2.31. The third-order valence-corrected chi connectivity index (χ3v) is 5.68. The van der Waals surface area contributed by atoms with Crippen LogP contribution in [0.1, 0.15) is 16.7 Å². The van der Waals surface area contributed by atoms with E-state index in [0.717, 1.165) is 21.6 Å². The van der Waals surface area contributed by atoms with Crippen molar-refractivity contribution in [2.24, 2.45) is 0 Å². The van der Waals surface area contributed by atoms with Crippen LogP contribution in [0.5, 0.6) is 0 Å². The molecule has 5 nitrogen and oxygen atoms in total. The van der Waals surface area contributed by atoms with Gasteiger partial charge in [0.15, 0.2) is 12.6 Å². The monoisotopic (exact) mass is 407 g/mol. The molecule has 0 saturated carbocycles. The Balaban J connectivity index is 1.79. The van der Waals surface area contributed by atoms with E-state index in [9.17, 15) is 9.59 Å². The van der Waals surface area contributed by atoms with Gasteiger partial charge in [0, 0.05) is 12.0 Å². The molecule has 0 radical (unpaired) electrons. The summed E-state index contributed by atoms with van der Waals surface area (Å²) in [5.74, 6) is -0.577. The van der Waals surface area contributed by atoms with Gasteiger partial charge in [0.25, 0.3) is 5.91 Å². The molecule has 0 saturated heterocycles. The minimum absolute atomic E-state index is 0.106. The molecular formula is C20H21Cl2N2O3+. The van der Waals surface area contributed by atoms with E-state index in [1.807, 2.05) is 31.2 Å². The molecule has 1 aliphatic rings. The molecule has 2 aromatic carbocycles. The van der Waals surface area contributed by atoms with Crippen molar-refractivity contribution >= 4 is 40.8 Å². The molecule has 2 N–H and O–H groups in total. The number of hydrogen-bond acceptors (Lipinski definition) is 3. The van der Waals surface area contributed by atoms with Crippen molar-refractivity contribution in [3.05, 3.63) is 63.1 Å². The van der Waals surface area contributed by atoms with Crippen LogP contribution < -0.4 is 10.2 Å². The molecule has 2 atom stereocenters. The zero-order valence-electron chi connectivity index (χ0n) is 15.1. The molecule has 7 heteroatoms. The number of ether oxygens (including phenoxy) is 1. The fourth-order valence-corrected chi connectivity index (χ4v) is 3.87. The number of rotatable bonds is 4. The Morgan fingerprint density at radius 1 is 1.19 bits per heavy atom. The number of halogens is 2. The second-order valence-electron chi connectivity index (χ2n) is 6.66. The number of nitrogens with one attached hydrogen (secondary N) is 2. The summed E-state index contributed by atoms with van der Waals surface area (Å²) in [6.45, 7) is 2.52. The van der Waals surface area contributed by atoms with Crippen LogP contribution in [0.4, 0.5) is 5.69 Å². The second kappa shape index (κ2) is 8.30. The Kier molecular flexibility index (Phi) is 6.05. The van der Waals surface area contributed by atoms with Crippen LogP contribution in [-0.2, 0) is 27.3 Å². The van der Waals surface area contributed by atoms with Crippen LogP contribution in [0, 0.1) is 6.92 Å². The predicted octanol–water partition coefficient (Wildman–Crippen LogP) is 2.42. The van der Waals surface area contributed by atoms with Gasteiger partial charge in [-0.15, -0.1) is 0 Å². The third kappa shape index (κ3) is 4.26. The number of esters is 1. The summed E-state index contributed by atoms with van der Waals surface area (Å²) < 4.78 is 4.96. The van der Waals surface area contributed by atoms with Crippen molar-refractivity contribution in [2.45, 2.75) is 25.9 Å². The number of carbonyl (C=O) groups excluding carboxylic acids is 2. The van der Waals surface area contributed by atoms with Gasteiger partial charge in [-0.05, 0) is 24.1 Å². The first-order valence-electron chi connectivity index (χ1n) is 8.64. The quantitative estimate of drug-likeness (QED) is 0.765. The number of carbonyl (C=O) groups is 2. The molecule has 27 heavy (non-hydrogen) atoms. The lowest BCUT2D eigenvalue weighted by atomic mass is 9.94. The second-order valence-corrected chi connectivity index (χ2v) is 7.45. The average molecular weight is 408 g/mol. The minimum atomic E-state index is -0.431. The van der Waals surface area contributed by atoms with Crippen molar-refractivity contribution in [1.82, 2.24) is 0 Å². The van der Waals surface area contributed by atoms with E-state index in [1.165, 1.54) is 7.11 Å². The number of fused-ring (bicyclic) bond motifs is 1. The first-order valence-corrected chi connectivity index (χ1v) is 9.40. The van der Waals surface area contributed by atoms with Gasteiger partial charge < -0.3 is 15.0 Å². The van der Waals surface area contributed by atoms with Crippen LogP contribution >= 0.6 is 23.2 Å². The molecular weight excluding hydrogens is 387 g/mol. The van der Waals surface area contributed by atoms with Crippen molar-refractivity contribution in [2.75, 3.05) is 19.0 Å².